The van der Waals surface area contributed by atoms with Gasteiger partial charge in [0, 0.05) is 11.8 Å². The Morgan fingerprint density at radius 2 is 1.50 bits per heavy atom. The lowest BCUT2D eigenvalue weighted by Gasteiger charge is -2.08. The van der Waals surface area contributed by atoms with Crippen LogP contribution in [-0.4, -0.2) is 25.1 Å². The molecule has 0 aliphatic heterocycles. The molecule has 0 unspecified atom stereocenters. The van der Waals surface area contributed by atoms with Crippen LogP contribution in [0.2, 0.25) is 5.02 Å². The van der Waals surface area contributed by atoms with Gasteiger partial charge in [-0.2, -0.15) is 0 Å². The lowest BCUT2D eigenvalue weighted by molar-refractivity contribution is -0.392. The zero-order valence-corrected chi connectivity index (χ0v) is 13.0. The number of anilines is 2. The van der Waals surface area contributed by atoms with Crippen molar-refractivity contribution >= 4 is 51.1 Å². The molecule has 1 heterocycles. The van der Waals surface area contributed by atoms with Crippen LogP contribution >= 0.6 is 11.6 Å². The molecule has 26 heavy (non-hydrogen) atoms. The van der Waals surface area contributed by atoms with Crippen LogP contribution in [0.25, 0.3) is 11.0 Å². The van der Waals surface area contributed by atoms with E-state index in [1.807, 2.05) is 0 Å². The lowest BCUT2D eigenvalue weighted by atomic mass is 10.2. The fourth-order valence-electron chi connectivity index (χ4n) is 2.19. The minimum atomic E-state index is -0.867. The van der Waals surface area contributed by atoms with Gasteiger partial charge >= 0.3 is 11.4 Å². The molecule has 13 nitrogen and oxygen atoms in total. The van der Waals surface area contributed by atoms with E-state index in [0.717, 1.165) is 6.07 Å². The van der Waals surface area contributed by atoms with Gasteiger partial charge in [-0.15, -0.1) is 0 Å². The Balaban J connectivity index is 2.21. The summed E-state index contributed by atoms with van der Waals surface area (Å²) in [5.41, 5.74) is -2.57. The molecule has 3 rings (SSSR count). The zero-order valence-electron chi connectivity index (χ0n) is 12.3. The van der Waals surface area contributed by atoms with Crippen LogP contribution in [-0.2, 0) is 0 Å². The van der Waals surface area contributed by atoms with Crippen molar-refractivity contribution in [3.63, 3.8) is 0 Å². The summed E-state index contributed by atoms with van der Waals surface area (Å²) in [7, 11) is 0. The zero-order chi connectivity index (χ0) is 19.0. The van der Waals surface area contributed by atoms with Crippen molar-refractivity contribution in [2.45, 2.75) is 0 Å². The Bertz CT molecular complexity index is 1080. The Kier molecular flexibility index (Phi) is 4.05. The normalized spacial score (nSPS) is 10.7. The van der Waals surface area contributed by atoms with Crippen LogP contribution in [0.4, 0.5) is 28.4 Å². The minimum absolute atomic E-state index is 0.0716. The molecule has 14 heteroatoms. The molecule has 0 bridgehead atoms. The number of halogens is 1. The average molecular weight is 381 g/mol. The second-order valence-corrected chi connectivity index (χ2v) is 5.22. The summed E-state index contributed by atoms with van der Waals surface area (Å²) in [6.07, 6.45) is 0. The Hall–Kier alpha value is -3.87. The average Bonchev–Trinajstić information content (AvgIpc) is 3.05. The number of hydrogen-bond acceptors (Lipinski definition) is 10. The Morgan fingerprint density at radius 3 is 2.12 bits per heavy atom. The molecule has 0 atom stereocenters. The van der Waals surface area contributed by atoms with Gasteiger partial charge in [-0.25, -0.2) is 4.63 Å². The van der Waals surface area contributed by atoms with Gasteiger partial charge in [-0.05, 0) is 22.4 Å². The highest BCUT2D eigenvalue weighted by Gasteiger charge is 2.30. The summed E-state index contributed by atoms with van der Waals surface area (Å²) in [6.45, 7) is 0. The van der Waals surface area contributed by atoms with Gasteiger partial charge in [0.15, 0.2) is 5.52 Å². The monoisotopic (exact) mass is 380 g/mol. The van der Waals surface area contributed by atoms with Gasteiger partial charge in [0.05, 0.1) is 20.8 Å². The lowest BCUT2D eigenvalue weighted by Crippen LogP contribution is -2.01. The Morgan fingerprint density at radius 1 is 0.885 bits per heavy atom. The summed E-state index contributed by atoms with van der Waals surface area (Å²) < 4.78 is 4.45. The van der Waals surface area contributed by atoms with Gasteiger partial charge in [-0.3, -0.25) is 30.3 Å². The standard InChI is InChI=1S/C12H5ClN6O7/c13-6-2-1-5(3-7(6)17(20)21)14-10-8(18(22)23)4-9(19(24)25)11-12(10)16-26-15-11/h1-4,14H. The van der Waals surface area contributed by atoms with E-state index in [1.54, 1.807) is 0 Å². The number of benzene rings is 2. The highest BCUT2D eigenvalue weighted by atomic mass is 35.5. The summed E-state index contributed by atoms with van der Waals surface area (Å²) in [6, 6.07) is 4.29. The largest absolute Gasteiger partial charge is 0.348 e. The first-order valence-electron chi connectivity index (χ1n) is 6.58. The van der Waals surface area contributed by atoms with Gasteiger partial charge < -0.3 is 5.32 Å². The molecule has 0 saturated carbocycles. The van der Waals surface area contributed by atoms with E-state index in [1.165, 1.54) is 12.1 Å². The van der Waals surface area contributed by atoms with E-state index >= 15 is 0 Å². The first kappa shape index (κ1) is 17.0. The van der Waals surface area contributed by atoms with Crippen molar-refractivity contribution in [1.29, 1.82) is 0 Å². The molecule has 0 aliphatic carbocycles. The smallest absolute Gasteiger partial charge is 0.307 e. The van der Waals surface area contributed by atoms with Crippen LogP contribution in [0.15, 0.2) is 28.9 Å². The van der Waals surface area contributed by atoms with Gasteiger partial charge in [0.1, 0.15) is 10.7 Å². The van der Waals surface area contributed by atoms with E-state index in [9.17, 15) is 30.3 Å². The van der Waals surface area contributed by atoms with Gasteiger partial charge in [0.2, 0.25) is 5.52 Å². The molecular formula is C12H5ClN6O7. The molecule has 0 radical (unpaired) electrons. The maximum absolute atomic E-state index is 11.3. The van der Waals surface area contributed by atoms with E-state index in [-0.39, 0.29) is 27.4 Å². The predicted octanol–water partition coefficient (Wildman–Crippen LogP) is 3.34. The number of nitrogens with one attached hydrogen (secondary N) is 1. The highest BCUT2D eigenvalue weighted by Crippen LogP contribution is 2.40. The van der Waals surface area contributed by atoms with Gasteiger partial charge in [0.25, 0.3) is 5.69 Å². The molecule has 0 fully saturated rings. The molecule has 1 N–H and O–H groups in total. The molecule has 132 valence electrons. The van der Waals surface area contributed by atoms with E-state index < -0.39 is 31.8 Å². The van der Waals surface area contributed by atoms with E-state index in [0.29, 0.717) is 6.07 Å². The third-order valence-corrected chi connectivity index (χ3v) is 3.62. The molecule has 1 aromatic heterocycles. The van der Waals surface area contributed by atoms with Crippen molar-refractivity contribution < 1.29 is 19.4 Å². The molecule has 0 spiro atoms. The van der Waals surface area contributed by atoms with Crippen LogP contribution in [0.5, 0.6) is 0 Å². The van der Waals surface area contributed by atoms with Gasteiger partial charge in [-0.1, -0.05) is 11.6 Å². The van der Waals surface area contributed by atoms with Crippen molar-refractivity contribution in [3.8, 4) is 0 Å². The number of nitrogens with zero attached hydrogens (tertiary/aromatic N) is 5. The fourth-order valence-corrected chi connectivity index (χ4v) is 2.38. The molecule has 0 saturated heterocycles. The van der Waals surface area contributed by atoms with Crippen LogP contribution in [0.3, 0.4) is 0 Å². The second kappa shape index (κ2) is 6.21. The number of nitro groups is 3. The summed E-state index contributed by atoms with van der Waals surface area (Å²) in [4.78, 5) is 30.9. The van der Waals surface area contributed by atoms with Crippen LogP contribution in [0, 0.1) is 30.3 Å². The minimum Gasteiger partial charge on any atom is -0.348 e. The number of non-ortho nitro benzene ring substituents is 1. The van der Waals surface area contributed by atoms with Crippen LogP contribution in [0.1, 0.15) is 0 Å². The summed E-state index contributed by atoms with van der Waals surface area (Å²) >= 11 is 5.72. The predicted molar refractivity (Wildman–Crippen MR) is 86.5 cm³/mol. The van der Waals surface area contributed by atoms with Crippen molar-refractivity contribution in [3.05, 3.63) is 59.6 Å². The molecular weight excluding hydrogens is 376 g/mol. The SMILES string of the molecule is O=[N+]([O-])c1cc(Nc2c([N+](=O)[O-])cc([N+](=O)[O-])c3nonc23)ccc1Cl. The molecule has 3 aromatic rings. The summed E-state index contributed by atoms with van der Waals surface area (Å²) in [5.74, 6) is 0. The Labute approximate surface area is 146 Å². The second-order valence-electron chi connectivity index (χ2n) is 4.81. The van der Waals surface area contributed by atoms with E-state index in [2.05, 4.69) is 20.3 Å². The first-order valence-corrected chi connectivity index (χ1v) is 6.96. The number of fused-ring (bicyclic) bond motifs is 1. The van der Waals surface area contributed by atoms with E-state index in [4.69, 9.17) is 11.6 Å². The maximum Gasteiger partial charge on any atom is 0.307 e. The topological polar surface area (TPSA) is 180 Å². The summed E-state index contributed by atoms with van der Waals surface area (Å²) in [5, 5.41) is 42.7. The highest BCUT2D eigenvalue weighted by molar-refractivity contribution is 6.32. The first-order chi connectivity index (χ1) is 12.3. The maximum atomic E-state index is 11.3. The van der Waals surface area contributed by atoms with Crippen molar-refractivity contribution in [2.75, 3.05) is 5.32 Å². The number of rotatable bonds is 5. The molecule has 2 aromatic carbocycles. The quantitative estimate of drug-likeness (QED) is 0.508. The third kappa shape index (κ3) is 2.82. The van der Waals surface area contributed by atoms with Crippen molar-refractivity contribution in [1.82, 2.24) is 10.3 Å². The van der Waals surface area contributed by atoms with Crippen molar-refractivity contribution in [2.24, 2.45) is 0 Å². The van der Waals surface area contributed by atoms with Crippen LogP contribution < -0.4 is 5.32 Å². The third-order valence-electron chi connectivity index (χ3n) is 3.30. The fraction of sp³-hybridized carbons (Fsp3) is 0. The number of aromatic nitrogens is 2. The number of hydrogen-bond donors (Lipinski definition) is 1. The molecule has 0 amide bonds. The number of nitro benzene ring substituents is 3. The molecule has 0 aliphatic rings.